The number of imidazole rings is 1. The van der Waals surface area contributed by atoms with Gasteiger partial charge in [-0.05, 0) is 62.1 Å². The van der Waals surface area contributed by atoms with Crippen LogP contribution in [0.15, 0.2) is 48.1 Å². The average molecular weight is 462 g/mol. The molecule has 3 heterocycles. The molecule has 33 heavy (non-hydrogen) atoms. The summed E-state index contributed by atoms with van der Waals surface area (Å²) in [6.07, 6.45) is 6.03. The normalized spacial score (nSPS) is 18.7. The monoisotopic (exact) mass is 461 g/mol. The molecule has 0 spiro atoms. The van der Waals surface area contributed by atoms with E-state index in [2.05, 4.69) is 69.7 Å². The predicted molar refractivity (Wildman–Crippen MR) is 137 cm³/mol. The molecule has 0 saturated heterocycles. The molecule has 1 fully saturated rings. The Balaban J connectivity index is 1.43. The molecule has 0 bridgehead atoms. The second-order valence-electron chi connectivity index (χ2n) is 9.06. The molecule has 0 unspecified atom stereocenters. The highest BCUT2D eigenvalue weighted by molar-refractivity contribution is 7.13. The van der Waals surface area contributed by atoms with Crippen molar-refractivity contribution in [3.8, 4) is 10.4 Å². The van der Waals surface area contributed by atoms with Crippen molar-refractivity contribution in [3.63, 3.8) is 0 Å². The average Bonchev–Trinajstić information content (AvgIpc) is 3.47. The Morgan fingerprint density at radius 3 is 2.64 bits per heavy atom. The summed E-state index contributed by atoms with van der Waals surface area (Å²) in [5.74, 6) is 1.42. The van der Waals surface area contributed by atoms with Gasteiger partial charge in [0.25, 0.3) is 0 Å². The molecule has 4 aromatic rings. The van der Waals surface area contributed by atoms with Gasteiger partial charge in [0.05, 0.1) is 6.33 Å². The van der Waals surface area contributed by atoms with Crippen LogP contribution < -0.4 is 16.4 Å². The molecule has 172 valence electrons. The molecule has 1 saturated carbocycles. The van der Waals surface area contributed by atoms with Crippen LogP contribution in [0.4, 0.5) is 11.8 Å². The first-order valence-corrected chi connectivity index (χ1v) is 12.6. The highest BCUT2D eigenvalue weighted by atomic mass is 32.1. The van der Waals surface area contributed by atoms with Crippen LogP contribution in [0.5, 0.6) is 0 Å². The van der Waals surface area contributed by atoms with Crippen LogP contribution in [0.2, 0.25) is 0 Å². The molecule has 5 rings (SSSR count). The third-order valence-electron chi connectivity index (χ3n) is 6.31. The number of fused-ring (bicyclic) bond motifs is 1. The fraction of sp³-hybridized carbons (Fsp3) is 0.400. The summed E-state index contributed by atoms with van der Waals surface area (Å²) in [6.45, 7) is 4.96. The number of nitrogens with zero attached hydrogens (tertiary/aromatic N) is 4. The van der Waals surface area contributed by atoms with Crippen LogP contribution in [0.25, 0.3) is 21.6 Å². The summed E-state index contributed by atoms with van der Waals surface area (Å²) in [7, 11) is 0. The van der Waals surface area contributed by atoms with E-state index >= 15 is 0 Å². The molecule has 0 aliphatic heterocycles. The highest BCUT2D eigenvalue weighted by Crippen LogP contribution is 2.31. The number of hydrogen-bond acceptors (Lipinski definition) is 7. The summed E-state index contributed by atoms with van der Waals surface area (Å²) in [4.78, 5) is 15.6. The van der Waals surface area contributed by atoms with Crippen molar-refractivity contribution in [2.75, 3.05) is 10.6 Å². The molecular formula is C25H31N7S. The molecule has 0 atom stereocenters. The smallest absolute Gasteiger partial charge is 0.227 e. The summed E-state index contributed by atoms with van der Waals surface area (Å²) < 4.78 is 2.10. The predicted octanol–water partition coefficient (Wildman–Crippen LogP) is 5.43. The molecule has 3 aromatic heterocycles. The number of nitrogens with two attached hydrogens (primary N) is 1. The first-order valence-electron chi connectivity index (χ1n) is 11.7. The van der Waals surface area contributed by atoms with E-state index in [1.54, 1.807) is 11.3 Å². The maximum Gasteiger partial charge on any atom is 0.227 e. The molecule has 7 nitrogen and oxygen atoms in total. The van der Waals surface area contributed by atoms with Crippen LogP contribution in [0, 0.1) is 0 Å². The van der Waals surface area contributed by atoms with Crippen LogP contribution in [0.3, 0.4) is 0 Å². The van der Waals surface area contributed by atoms with Crippen molar-refractivity contribution in [1.29, 1.82) is 0 Å². The lowest BCUT2D eigenvalue weighted by Crippen LogP contribution is -2.33. The van der Waals surface area contributed by atoms with Crippen molar-refractivity contribution < 1.29 is 0 Å². The minimum Gasteiger partial charge on any atom is -0.364 e. The van der Waals surface area contributed by atoms with Gasteiger partial charge in [0, 0.05) is 29.5 Å². The van der Waals surface area contributed by atoms with Crippen molar-refractivity contribution in [3.05, 3.63) is 53.7 Å². The lowest BCUT2D eigenvalue weighted by atomic mass is 9.92. The van der Waals surface area contributed by atoms with Crippen molar-refractivity contribution in [2.45, 2.75) is 64.2 Å². The number of thiophene rings is 1. The van der Waals surface area contributed by atoms with E-state index in [9.17, 15) is 0 Å². The second-order valence-corrected chi connectivity index (χ2v) is 9.98. The Labute approximate surface area is 198 Å². The third kappa shape index (κ3) is 4.72. The van der Waals surface area contributed by atoms with E-state index < -0.39 is 0 Å². The minimum absolute atomic E-state index is 0.264. The van der Waals surface area contributed by atoms with Gasteiger partial charge in [0.15, 0.2) is 17.0 Å². The fourth-order valence-electron chi connectivity index (χ4n) is 4.43. The maximum atomic E-state index is 6.09. The lowest BCUT2D eigenvalue weighted by Gasteiger charge is -2.27. The second kappa shape index (κ2) is 9.49. The van der Waals surface area contributed by atoms with Gasteiger partial charge < -0.3 is 20.9 Å². The molecule has 0 radical (unpaired) electrons. The van der Waals surface area contributed by atoms with Gasteiger partial charge in [-0.2, -0.15) is 9.97 Å². The van der Waals surface area contributed by atoms with Crippen LogP contribution in [0.1, 0.15) is 51.1 Å². The topological polar surface area (TPSA) is 93.7 Å². The number of hydrogen-bond donors (Lipinski definition) is 3. The van der Waals surface area contributed by atoms with Crippen LogP contribution in [-0.4, -0.2) is 31.6 Å². The molecule has 0 amide bonds. The standard InChI is InChI=1S/C25H31N7S/c1-16(2)32-15-28-21-23(27-14-18-12-13-33-22(18)17-6-4-3-5-7-17)30-25(31-24(21)32)29-20-10-8-19(26)9-11-20/h3-7,12-13,15-16,19-20H,8-11,14,26H2,1-2H3,(H2,27,29,30,31). The first kappa shape index (κ1) is 21.9. The van der Waals surface area contributed by atoms with Gasteiger partial charge in [0.2, 0.25) is 5.95 Å². The summed E-state index contributed by atoms with van der Waals surface area (Å²) in [5, 5.41) is 9.26. The molecule has 4 N–H and O–H groups in total. The largest absolute Gasteiger partial charge is 0.364 e. The Bertz CT molecular complexity index is 1210. The van der Waals surface area contributed by atoms with Crippen LogP contribution in [-0.2, 0) is 6.54 Å². The minimum atomic E-state index is 0.264. The van der Waals surface area contributed by atoms with Gasteiger partial charge in [-0.15, -0.1) is 11.3 Å². The van der Waals surface area contributed by atoms with Gasteiger partial charge in [-0.3, -0.25) is 0 Å². The number of aromatic nitrogens is 4. The fourth-order valence-corrected chi connectivity index (χ4v) is 5.36. The van der Waals surface area contributed by atoms with E-state index in [1.807, 2.05) is 12.4 Å². The molecular weight excluding hydrogens is 430 g/mol. The third-order valence-corrected chi connectivity index (χ3v) is 7.32. The Kier molecular flexibility index (Phi) is 6.28. The molecule has 1 aromatic carbocycles. The van der Waals surface area contributed by atoms with Gasteiger partial charge in [-0.25, -0.2) is 4.98 Å². The number of nitrogens with one attached hydrogen (secondary N) is 2. The zero-order chi connectivity index (χ0) is 22.8. The van der Waals surface area contributed by atoms with Crippen molar-refractivity contribution in [2.24, 2.45) is 5.73 Å². The molecule has 1 aliphatic rings. The Hall–Kier alpha value is -2.97. The lowest BCUT2D eigenvalue weighted by molar-refractivity contribution is 0.410. The number of benzene rings is 1. The van der Waals surface area contributed by atoms with E-state index in [-0.39, 0.29) is 6.04 Å². The quantitative estimate of drug-likeness (QED) is 0.340. The van der Waals surface area contributed by atoms with Crippen molar-refractivity contribution >= 4 is 34.3 Å². The van der Waals surface area contributed by atoms with Crippen LogP contribution >= 0.6 is 11.3 Å². The maximum absolute atomic E-state index is 6.09. The zero-order valence-electron chi connectivity index (χ0n) is 19.2. The summed E-state index contributed by atoms with van der Waals surface area (Å²) >= 11 is 1.76. The Morgan fingerprint density at radius 2 is 1.88 bits per heavy atom. The van der Waals surface area contributed by atoms with E-state index in [1.165, 1.54) is 16.0 Å². The Morgan fingerprint density at radius 1 is 1.09 bits per heavy atom. The molecule has 8 heteroatoms. The van der Waals surface area contributed by atoms with Gasteiger partial charge in [0.1, 0.15) is 0 Å². The number of rotatable bonds is 7. The number of anilines is 2. The van der Waals surface area contributed by atoms with E-state index in [0.717, 1.165) is 42.7 Å². The van der Waals surface area contributed by atoms with E-state index in [0.29, 0.717) is 24.6 Å². The van der Waals surface area contributed by atoms with Gasteiger partial charge >= 0.3 is 0 Å². The summed E-state index contributed by atoms with van der Waals surface area (Å²) in [6, 6.07) is 13.6. The summed E-state index contributed by atoms with van der Waals surface area (Å²) in [5.41, 5.74) is 10.2. The zero-order valence-corrected chi connectivity index (χ0v) is 20.0. The SMILES string of the molecule is CC(C)n1cnc2c(NCc3ccsc3-c3ccccc3)nc(NC3CCC(N)CC3)nc21. The van der Waals surface area contributed by atoms with Gasteiger partial charge in [-0.1, -0.05) is 30.3 Å². The highest BCUT2D eigenvalue weighted by Gasteiger charge is 2.21. The molecule has 1 aliphatic carbocycles. The van der Waals surface area contributed by atoms with E-state index in [4.69, 9.17) is 15.7 Å². The van der Waals surface area contributed by atoms with Crippen molar-refractivity contribution in [1.82, 2.24) is 19.5 Å². The first-order chi connectivity index (χ1) is 16.1.